The van der Waals surface area contributed by atoms with Gasteiger partial charge in [0.2, 0.25) is 0 Å². The highest BCUT2D eigenvalue weighted by molar-refractivity contribution is 9.16. The number of alkyl halides is 4. The molecule has 12 heteroatoms. The van der Waals surface area contributed by atoms with Gasteiger partial charge in [0.25, 0.3) is 10.1 Å². The van der Waals surface area contributed by atoms with E-state index in [1.165, 1.54) is 0 Å². The average molecular weight is 566 g/mol. The van der Waals surface area contributed by atoms with Crippen LogP contribution in [0, 0.1) is 0 Å². The van der Waals surface area contributed by atoms with Crippen LogP contribution in [0.15, 0.2) is 12.2 Å². The van der Waals surface area contributed by atoms with Crippen LogP contribution in [0.4, 0.5) is 0 Å². The van der Waals surface area contributed by atoms with Gasteiger partial charge < -0.3 is 10.2 Å². The van der Waals surface area contributed by atoms with Crippen LogP contribution in [0.1, 0.15) is 0 Å². The Kier molecular flexibility index (Phi) is 4.92. The van der Waals surface area contributed by atoms with E-state index in [2.05, 4.69) is 63.7 Å². The first-order chi connectivity index (χ1) is 8.76. The third-order valence-corrected chi connectivity index (χ3v) is 12.5. The zero-order valence-corrected chi connectivity index (χ0v) is 16.3. The van der Waals surface area contributed by atoms with Crippen LogP contribution in [0.2, 0.25) is 0 Å². The summed E-state index contributed by atoms with van der Waals surface area (Å²) in [7, 11) is -5.03. The lowest BCUT2D eigenvalue weighted by Gasteiger charge is -2.48. The van der Waals surface area contributed by atoms with Gasteiger partial charge in [-0.2, -0.15) is 8.42 Å². The molecule has 1 aliphatic carbocycles. The van der Waals surface area contributed by atoms with Crippen molar-refractivity contribution in [3.63, 3.8) is 0 Å². The molecular formula is C8H6Br4O7S. The number of aliphatic carboxylic acids is 2. The number of allylic oxidation sites excluding steroid dienone is 1. The molecular weight excluding hydrogens is 560 g/mol. The minimum atomic E-state index is -5.03. The molecule has 0 aliphatic heterocycles. The normalized spacial score (nSPS) is 41.4. The zero-order valence-electron chi connectivity index (χ0n) is 9.13. The van der Waals surface area contributed by atoms with Crippen LogP contribution >= 0.6 is 63.7 Å². The highest BCUT2D eigenvalue weighted by Gasteiger charge is 2.76. The molecule has 114 valence electrons. The summed E-state index contributed by atoms with van der Waals surface area (Å²) in [5.74, 6) is -3.46. The van der Waals surface area contributed by atoms with Crippen molar-refractivity contribution in [1.29, 1.82) is 0 Å². The lowest BCUT2D eigenvalue weighted by Crippen LogP contribution is -2.72. The fourth-order valence-corrected chi connectivity index (χ4v) is 7.04. The fourth-order valence-electron chi connectivity index (χ4n) is 1.73. The molecule has 0 radical (unpaired) electrons. The third-order valence-electron chi connectivity index (χ3n) is 2.80. The van der Waals surface area contributed by atoms with E-state index in [1.54, 1.807) is 0 Å². The van der Waals surface area contributed by atoms with Crippen LogP contribution in [0.5, 0.6) is 0 Å². The molecule has 20 heavy (non-hydrogen) atoms. The molecule has 0 saturated heterocycles. The first kappa shape index (κ1) is 18.6. The van der Waals surface area contributed by atoms with E-state index in [1.807, 2.05) is 0 Å². The first-order valence-corrected chi connectivity index (χ1v) is 9.34. The number of carboxylic acids is 2. The highest BCUT2D eigenvalue weighted by Crippen LogP contribution is 2.59. The van der Waals surface area contributed by atoms with Crippen molar-refractivity contribution in [3.05, 3.63) is 12.2 Å². The van der Waals surface area contributed by atoms with E-state index >= 15 is 0 Å². The molecule has 0 amide bonds. The van der Waals surface area contributed by atoms with Crippen molar-refractivity contribution in [2.45, 2.75) is 17.1 Å². The smallest absolute Gasteiger partial charge is 0.326 e. The van der Waals surface area contributed by atoms with E-state index < -0.39 is 39.2 Å². The second-order valence-electron chi connectivity index (χ2n) is 3.86. The van der Waals surface area contributed by atoms with Gasteiger partial charge in [-0.1, -0.05) is 75.9 Å². The van der Waals surface area contributed by atoms with E-state index in [-0.39, 0.29) is 0 Å². The highest BCUT2D eigenvalue weighted by atomic mass is 79.9. The van der Waals surface area contributed by atoms with Gasteiger partial charge in [0, 0.05) is 0 Å². The quantitative estimate of drug-likeness (QED) is 0.270. The van der Waals surface area contributed by atoms with E-state index in [4.69, 9.17) is 0 Å². The molecule has 0 aromatic rings. The lowest BCUT2D eigenvalue weighted by atomic mass is 9.82. The Morgan fingerprint density at radius 2 is 1.55 bits per heavy atom. The number of halogens is 4. The number of hydrogen-bond donors (Lipinski definition) is 3. The monoisotopic (exact) mass is 562 g/mol. The topological polar surface area (TPSA) is 129 Å². The van der Waals surface area contributed by atoms with Crippen LogP contribution < -0.4 is 0 Å². The van der Waals surface area contributed by atoms with Gasteiger partial charge >= 0.3 is 11.9 Å². The maximum absolute atomic E-state index is 11.7. The molecule has 0 spiro atoms. The number of hydrogen-bond acceptors (Lipinski definition) is 4. The Morgan fingerprint density at radius 3 is 1.85 bits per heavy atom. The zero-order chi connectivity index (χ0) is 16.1. The largest absolute Gasteiger partial charge is 0.480 e. The van der Waals surface area contributed by atoms with Gasteiger partial charge in [0.15, 0.2) is 12.3 Å². The summed E-state index contributed by atoms with van der Waals surface area (Å²) in [6.45, 7) is 0. The molecule has 4 atom stereocenters. The summed E-state index contributed by atoms with van der Waals surface area (Å²) in [4.78, 5) is 21.8. The molecule has 1 aliphatic rings. The van der Waals surface area contributed by atoms with Crippen LogP contribution in [0.25, 0.3) is 0 Å². The van der Waals surface area contributed by atoms with Gasteiger partial charge in [-0.25, -0.2) is 0 Å². The van der Waals surface area contributed by atoms with Crippen molar-refractivity contribution >= 4 is 85.8 Å². The second kappa shape index (κ2) is 5.30. The molecule has 4 unspecified atom stereocenters. The Bertz CT molecular complexity index is 604. The van der Waals surface area contributed by atoms with Crippen LogP contribution in [-0.4, -0.2) is 52.3 Å². The Balaban J connectivity index is 3.91. The van der Waals surface area contributed by atoms with E-state index in [0.717, 1.165) is 12.2 Å². The molecule has 0 heterocycles. The van der Waals surface area contributed by atoms with Crippen molar-refractivity contribution in [2.75, 3.05) is 0 Å². The van der Waals surface area contributed by atoms with E-state index in [9.17, 15) is 32.8 Å². The summed E-state index contributed by atoms with van der Waals surface area (Å²) >= 11 is 11.0. The summed E-state index contributed by atoms with van der Waals surface area (Å²) in [6.07, 6.45) is 2.08. The molecule has 1 rings (SSSR count). The predicted molar refractivity (Wildman–Crippen MR) is 83.6 cm³/mol. The summed E-state index contributed by atoms with van der Waals surface area (Å²) < 4.78 is 25.3. The van der Waals surface area contributed by atoms with Crippen molar-refractivity contribution in [3.8, 4) is 0 Å². The lowest BCUT2D eigenvalue weighted by molar-refractivity contribution is -0.147. The van der Waals surface area contributed by atoms with Gasteiger partial charge in [0.1, 0.15) is 0 Å². The number of rotatable bonds is 3. The second-order valence-corrected chi connectivity index (χ2v) is 10.7. The summed E-state index contributed by atoms with van der Waals surface area (Å²) in [5, 5.41) is 18.7. The van der Waals surface area contributed by atoms with Crippen LogP contribution in [0.3, 0.4) is 0 Å². The predicted octanol–water partition coefficient (Wildman–Crippen LogP) is 1.74. The SMILES string of the molecule is O=C(O)C1(Br)C=CC(Br)C(Br)(S(=O)(=O)O)C1(Br)C(=O)O. The maximum atomic E-state index is 11.7. The summed E-state index contributed by atoms with van der Waals surface area (Å²) in [5.41, 5.74) is 0. The standard InChI is InChI=1S/C8H6Br4O7S/c9-3-1-2-6(10,4(13)14)7(11,5(15)16)8(3,12)20(17,18)19/h1-3H,(H,13,14)(H,15,16)(H,17,18,19). The maximum Gasteiger partial charge on any atom is 0.326 e. The third kappa shape index (κ3) is 2.14. The molecule has 3 N–H and O–H groups in total. The van der Waals surface area contributed by atoms with Gasteiger partial charge in [0.05, 0.1) is 4.83 Å². The number of carbonyl (C=O) groups is 2. The first-order valence-electron chi connectivity index (χ1n) is 4.60. The summed E-state index contributed by atoms with van der Waals surface area (Å²) in [6, 6.07) is 0. The van der Waals surface area contributed by atoms with Crippen molar-refractivity contribution in [2.24, 2.45) is 0 Å². The fraction of sp³-hybridized carbons (Fsp3) is 0.500. The van der Waals surface area contributed by atoms with Crippen molar-refractivity contribution in [1.82, 2.24) is 0 Å². The van der Waals surface area contributed by atoms with E-state index in [0.29, 0.717) is 0 Å². The average Bonchev–Trinajstić information content (AvgIpc) is 2.29. The minimum absolute atomic E-state index is 0.975. The molecule has 0 saturated carbocycles. The Morgan fingerprint density at radius 1 is 1.10 bits per heavy atom. The van der Waals surface area contributed by atoms with Crippen LogP contribution in [-0.2, 0) is 19.7 Å². The van der Waals surface area contributed by atoms with Crippen molar-refractivity contribution < 1.29 is 32.8 Å². The Labute approximate surface area is 147 Å². The molecule has 7 nitrogen and oxygen atoms in total. The Hall–Kier alpha value is 0.510. The van der Waals surface area contributed by atoms with Gasteiger partial charge in [-0.3, -0.25) is 14.1 Å². The minimum Gasteiger partial charge on any atom is -0.480 e. The molecule has 0 bridgehead atoms. The number of carboxylic acid groups (broad SMARTS) is 2. The molecule has 0 aromatic carbocycles. The molecule has 0 aromatic heterocycles. The van der Waals surface area contributed by atoms with Gasteiger partial charge in [-0.05, 0) is 0 Å². The molecule has 0 fully saturated rings. The van der Waals surface area contributed by atoms with Gasteiger partial charge in [-0.15, -0.1) is 0 Å².